The Hall–Kier alpha value is -2.18. The third kappa shape index (κ3) is 3.51. The lowest BCUT2D eigenvalue weighted by atomic mass is 10.0. The van der Waals surface area contributed by atoms with Crippen molar-refractivity contribution in [2.75, 3.05) is 0 Å². The smallest absolute Gasteiger partial charge is 0.178 e. The molecule has 2 aromatic heterocycles. The molecule has 136 valence electrons. The largest absolute Gasteiger partial charge is 0.313 e. The average molecular weight is 440 g/mol. The molecule has 0 saturated carbocycles. The zero-order chi connectivity index (χ0) is 19.0. The van der Waals surface area contributed by atoms with Crippen molar-refractivity contribution in [1.82, 2.24) is 14.5 Å². The molecule has 0 fully saturated rings. The summed E-state index contributed by atoms with van der Waals surface area (Å²) in [5, 5.41) is 3.18. The molecule has 0 aliphatic heterocycles. The summed E-state index contributed by atoms with van der Waals surface area (Å²) in [7, 11) is 0. The van der Waals surface area contributed by atoms with Crippen molar-refractivity contribution in [3.8, 4) is 0 Å². The van der Waals surface area contributed by atoms with Crippen LogP contribution in [-0.4, -0.2) is 25.6 Å². The molecule has 0 radical (unpaired) electrons. The average Bonchev–Trinajstić information content (AvgIpc) is 3.01. The second-order valence-corrected chi connectivity index (χ2v) is 9.38. The van der Waals surface area contributed by atoms with E-state index in [2.05, 4.69) is 60.8 Å². The number of hydrogen-bond acceptors (Lipinski definition) is 4. The normalized spacial score (nSPS) is 12.0. The Morgan fingerprint density at radius 2 is 1.89 bits per heavy atom. The second kappa shape index (κ2) is 7.09. The number of imidazole rings is 1. The third-order valence-electron chi connectivity index (χ3n) is 4.42. The first-order chi connectivity index (χ1) is 13.0. The molecular weight excluding hydrogens is 422 g/mol. The molecule has 0 aliphatic rings. The van der Waals surface area contributed by atoms with Crippen molar-refractivity contribution in [1.29, 1.82) is 0 Å². The molecule has 4 nitrogen and oxygen atoms in total. The molecule has 0 atom stereocenters. The van der Waals surface area contributed by atoms with E-state index >= 15 is 0 Å². The van der Waals surface area contributed by atoms with Gasteiger partial charge in [-0.1, -0.05) is 58.0 Å². The fraction of sp³-hybridized carbons (Fsp3) is 0.190. The molecule has 0 N–H and O–H groups in total. The summed E-state index contributed by atoms with van der Waals surface area (Å²) >= 11 is 5.10. The SMILES string of the molecule is CC(C)(C=O)Sc1nc2ncccc2n1Cc1ccc(Br)c2ccccc12. The Morgan fingerprint density at radius 3 is 2.67 bits per heavy atom. The van der Waals surface area contributed by atoms with E-state index < -0.39 is 4.75 Å². The van der Waals surface area contributed by atoms with Crippen molar-refractivity contribution in [3.05, 3.63) is 64.8 Å². The maximum atomic E-state index is 11.4. The van der Waals surface area contributed by atoms with Crippen LogP contribution in [0.1, 0.15) is 19.4 Å². The third-order valence-corrected chi connectivity index (χ3v) is 6.23. The molecule has 6 heteroatoms. The molecule has 0 spiro atoms. The van der Waals surface area contributed by atoms with Crippen LogP contribution in [0.25, 0.3) is 21.9 Å². The summed E-state index contributed by atoms with van der Waals surface area (Å²) in [5.41, 5.74) is 2.86. The first-order valence-corrected chi connectivity index (χ1v) is 10.2. The van der Waals surface area contributed by atoms with E-state index in [1.165, 1.54) is 28.1 Å². The number of benzene rings is 2. The van der Waals surface area contributed by atoms with Gasteiger partial charge in [0.2, 0.25) is 0 Å². The van der Waals surface area contributed by atoms with Crippen LogP contribution in [0.3, 0.4) is 0 Å². The molecule has 2 heterocycles. The molecule has 0 aliphatic carbocycles. The van der Waals surface area contributed by atoms with Crippen molar-refractivity contribution in [2.45, 2.75) is 30.3 Å². The van der Waals surface area contributed by atoms with Gasteiger partial charge in [-0.3, -0.25) is 0 Å². The second-order valence-electron chi connectivity index (χ2n) is 6.90. The summed E-state index contributed by atoms with van der Waals surface area (Å²) in [6.07, 6.45) is 2.71. The van der Waals surface area contributed by atoms with Gasteiger partial charge in [0.05, 0.1) is 16.8 Å². The Balaban J connectivity index is 1.87. The van der Waals surface area contributed by atoms with Gasteiger partial charge in [0.1, 0.15) is 6.29 Å². The van der Waals surface area contributed by atoms with Gasteiger partial charge in [0.25, 0.3) is 0 Å². The fourth-order valence-corrected chi connectivity index (χ4v) is 4.46. The number of halogens is 1. The minimum Gasteiger partial charge on any atom is -0.313 e. The topological polar surface area (TPSA) is 47.8 Å². The zero-order valence-corrected chi connectivity index (χ0v) is 17.4. The number of aromatic nitrogens is 3. The van der Waals surface area contributed by atoms with Crippen molar-refractivity contribution >= 4 is 55.9 Å². The van der Waals surface area contributed by atoms with Crippen LogP contribution in [0.5, 0.6) is 0 Å². The van der Waals surface area contributed by atoms with E-state index in [-0.39, 0.29) is 0 Å². The number of aldehydes is 1. The Bertz CT molecular complexity index is 1150. The van der Waals surface area contributed by atoms with Crippen LogP contribution in [0.2, 0.25) is 0 Å². The predicted octanol–water partition coefficient (Wildman–Crippen LogP) is 5.46. The number of thioether (sulfide) groups is 1. The summed E-state index contributed by atoms with van der Waals surface area (Å²) in [6, 6.07) is 16.5. The van der Waals surface area contributed by atoms with Crippen LogP contribution in [0.15, 0.2) is 64.4 Å². The van der Waals surface area contributed by atoms with Gasteiger partial charge in [0.15, 0.2) is 10.8 Å². The Morgan fingerprint density at radius 1 is 1.11 bits per heavy atom. The van der Waals surface area contributed by atoms with Crippen LogP contribution < -0.4 is 0 Å². The highest BCUT2D eigenvalue weighted by Gasteiger charge is 2.23. The molecule has 4 rings (SSSR count). The first kappa shape index (κ1) is 18.2. The summed E-state index contributed by atoms with van der Waals surface area (Å²) < 4.78 is 2.67. The number of pyridine rings is 1. The number of carbonyl (C=O) groups is 1. The van der Waals surface area contributed by atoms with E-state index in [1.807, 2.05) is 32.0 Å². The maximum absolute atomic E-state index is 11.4. The van der Waals surface area contributed by atoms with E-state index in [9.17, 15) is 4.79 Å². The minimum atomic E-state index is -0.555. The predicted molar refractivity (Wildman–Crippen MR) is 114 cm³/mol. The highest BCUT2D eigenvalue weighted by Crippen LogP contribution is 2.34. The fourth-order valence-electron chi connectivity index (χ4n) is 3.06. The van der Waals surface area contributed by atoms with Crippen molar-refractivity contribution in [2.24, 2.45) is 0 Å². The number of carbonyl (C=O) groups excluding carboxylic acids is 1. The van der Waals surface area contributed by atoms with Crippen LogP contribution >= 0.6 is 27.7 Å². The minimum absolute atomic E-state index is 0.555. The summed E-state index contributed by atoms with van der Waals surface area (Å²) in [6.45, 7) is 4.46. The number of hydrogen-bond donors (Lipinski definition) is 0. The standard InChI is InChI=1S/C21H18BrN3OS/c1-21(2,13-26)27-20-24-19-18(8-5-11-23-19)25(20)12-14-9-10-17(22)16-7-4-3-6-15(14)16/h3-11,13H,12H2,1-2H3. The van der Waals surface area contributed by atoms with Crippen molar-refractivity contribution < 1.29 is 4.79 Å². The van der Waals surface area contributed by atoms with Gasteiger partial charge in [0, 0.05) is 10.7 Å². The zero-order valence-electron chi connectivity index (χ0n) is 15.0. The molecule has 0 bridgehead atoms. The van der Waals surface area contributed by atoms with Crippen molar-refractivity contribution in [3.63, 3.8) is 0 Å². The number of fused-ring (bicyclic) bond motifs is 2. The Kier molecular flexibility index (Phi) is 4.78. The molecule has 4 aromatic rings. The van der Waals surface area contributed by atoms with Crippen LogP contribution in [-0.2, 0) is 11.3 Å². The molecular formula is C21H18BrN3OS. The highest BCUT2D eigenvalue weighted by molar-refractivity contribution is 9.10. The number of nitrogens with zero attached hydrogens (tertiary/aromatic N) is 3. The van der Waals surface area contributed by atoms with Gasteiger partial charge in [-0.25, -0.2) is 9.97 Å². The van der Waals surface area contributed by atoms with Gasteiger partial charge in [-0.05, 0) is 48.4 Å². The first-order valence-electron chi connectivity index (χ1n) is 8.61. The lowest BCUT2D eigenvalue weighted by Gasteiger charge is -2.17. The number of rotatable bonds is 5. The van der Waals surface area contributed by atoms with Gasteiger partial charge in [-0.15, -0.1) is 0 Å². The maximum Gasteiger partial charge on any atom is 0.178 e. The van der Waals surface area contributed by atoms with Gasteiger partial charge in [-0.2, -0.15) is 0 Å². The molecule has 0 saturated heterocycles. The Labute approximate surface area is 170 Å². The summed E-state index contributed by atoms with van der Waals surface area (Å²) in [5.74, 6) is 0. The van der Waals surface area contributed by atoms with E-state index in [1.54, 1.807) is 6.20 Å². The van der Waals surface area contributed by atoms with E-state index in [0.717, 1.165) is 21.4 Å². The van der Waals surface area contributed by atoms with Gasteiger partial charge < -0.3 is 9.36 Å². The quantitative estimate of drug-likeness (QED) is 0.305. The van der Waals surface area contributed by atoms with Gasteiger partial charge >= 0.3 is 0 Å². The molecule has 2 aromatic carbocycles. The lowest BCUT2D eigenvalue weighted by molar-refractivity contribution is -0.109. The highest BCUT2D eigenvalue weighted by atomic mass is 79.9. The monoisotopic (exact) mass is 439 g/mol. The van der Waals surface area contributed by atoms with E-state index in [0.29, 0.717) is 12.2 Å². The lowest BCUT2D eigenvalue weighted by Crippen LogP contribution is -2.17. The van der Waals surface area contributed by atoms with Crippen LogP contribution in [0.4, 0.5) is 0 Å². The molecule has 0 amide bonds. The molecule has 0 unspecified atom stereocenters. The van der Waals surface area contributed by atoms with E-state index in [4.69, 9.17) is 0 Å². The molecule has 27 heavy (non-hydrogen) atoms. The summed E-state index contributed by atoms with van der Waals surface area (Å²) in [4.78, 5) is 20.5. The van der Waals surface area contributed by atoms with Crippen LogP contribution in [0, 0.1) is 0 Å².